The topological polar surface area (TPSA) is 87.3 Å². The SMILES string of the molecule is CCc1ccc(NC(=O)CC[C@H]2NC(=O)c3ccccc3NC2=O)cc1. The number of benzene rings is 2. The lowest BCUT2D eigenvalue weighted by molar-refractivity contribution is -0.118. The van der Waals surface area contributed by atoms with Gasteiger partial charge in [-0.05, 0) is 42.7 Å². The second kappa shape index (κ2) is 7.82. The van der Waals surface area contributed by atoms with Gasteiger partial charge in [0.05, 0.1) is 11.3 Å². The minimum Gasteiger partial charge on any atom is -0.340 e. The first kappa shape index (κ1) is 17.7. The number of hydrogen-bond acceptors (Lipinski definition) is 3. The molecule has 0 aromatic heterocycles. The van der Waals surface area contributed by atoms with Gasteiger partial charge in [0, 0.05) is 12.1 Å². The lowest BCUT2D eigenvalue weighted by atomic mass is 10.1. The Morgan fingerprint density at radius 3 is 2.54 bits per heavy atom. The summed E-state index contributed by atoms with van der Waals surface area (Å²) in [5.41, 5.74) is 2.82. The molecule has 0 bridgehead atoms. The maximum absolute atomic E-state index is 12.3. The van der Waals surface area contributed by atoms with E-state index in [0.29, 0.717) is 16.9 Å². The summed E-state index contributed by atoms with van der Waals surface area (Å²) in [5, 5.41) is 8.23. The molecule has 3 amide bonds. The van der Waals surface area contributed by atoms with E-state index in [4.69, 9.17) is 0 Å². The van der Waals surface area contributed by atoms with Gasteiger partial charge in [-0.15, -0.1) is 0 Å². The van der Waals surface area contributed by atoms with Crippen LogP contribution < -0.4 is 16.0 Å². The van der Waals surface area contributed by atoms with E-state index in [2.05, 4.69) is 22.9 Å². The minimum absolute atomic E-state index is 0.129. The van der Waals surface area contributed by atoms with Crippen LogP contribution in [0.3, 0.4) is 0 Å². The molecule has 1 aliphatic rings. The molecule has 6 heteroatoms. The van der Waals surface area contributed by atoms with Crippen LogP contribution >= 0.6 is 0 Å². The van der Waals surface area contributed by atoms with Crippen LogP contribution in [-0.4, -0.2) is 23.8 Å². The van der Waals surface area contributed by atoms with E-state index in [0.717, 1.165) is 6.42 Å². The first-order valence-corrected chi connectivity index (χ1v) is 8.66. The van der Waals surface area contributed by atoms with Gasteiger partial charge in [-0.1, -0.05) is 31.2 Å². The highest BCUT2D eigenvalue weighted by Gasteiger charge is 2.27. The maximum atomic E-state index is 12.3. The fourth-order valence-corrected chi connectivity index (χ4v) is 2.84. The van der Waals surface area contributed by atoms with Crippen molar-refractivity contribution in [1.29, 1.82) is 0 Å². The standard InChI is InChI=1S/C20H21N3O3/c1-2-13-7-9-14(10-8-13)21-18(24)12-11-17-20(26)22-16-6-4-3-5-15(16)19(25)23-17/h3-10,17H,2,11-12H2,1H3,(H,21,24)(H,22,26)(H,23,25)/t17-/m1/s1. The molecule has 0 unspecified atom stereocenters. The van der Waals surface area contributed by atoms with Crippen LogP contribution in [0.4, 0.5) is 11.4 Å². The number of anilines is 2. The molecule has 0 aliphatic carbocycles. The monoisotopic (exact) mass is 351 g/mol. The number of carbonyl (C=O) groups is 3. The third-order valence-electron chi connectivity index (χ3n) is 4.36. The number of hydrogen-bond donors (Lipinski definition) is 3. The Balaban J connectivity index is 1.58. The zero-order valence-corrected chi connectivity index (χ0v) is 14.5. The van der Waals surface area contributed by atoms with E-state index in [1.807, 2.05) is 24.3 Å². The second-order valence-electron chi connectivity index (χ2n) is 6.20. The molecule has 0 saturated heterocycles. The Labute approximate surface area is 152 Å². The normalized spacial score (nSPS) is 16.1. The van der Waals surface area contributed by atoms with Crippen LogP contribution in [0.2, 0.25) is 0 Å². The lowest BCUT2D eigenvalue weighted by Crippen LogP contribution is -2.41. The summed E-state index contributed by atoms with van der Waals surface area (Å²) < 4.78 is 0. The molecule has 0 spiro atoms. The Bertz CT molecular complexity index is 830. The Morgan fingerprint density at radius 2 is 1.81 bits per heavy atom. The third-order valence-corrected chi connectivity index (χ3v) is 4.36. The van der Waals surface area contributed by atoms with Crippen LogP contribution in [0, 0.1) is 0 Å². The van der Waals surface area contributed by atoms with Crippen LogP contribution in [0.5, 0.6) is 0 Å². The second-order valence-corrected chi connectivity index (χ2v) is 6.20. The van der Waals surface area contributed by atoms with Crippen molar-refractivity contribution in [2.24, 2.45) is 0 Å². The molecule has 26 heavy (non-hydrogen) atoms. The number of carbonyl (C=O) groups excluding carboxylic acids is 3. The van der Waals surface area contributed by atoms with Gasteiger partial charge >= 0.3 is 0 Å². The summed E-state index contributed by atoms with van der Waals surface area (Å²) >= 11 is 0. The number of nitrogens with one attached hydrogen (secondary N) is 3. The van der Waals surface area contributed by atoms with Gasteiger partial charge in [-0.3, -0.25) is 14.4 Å². The highest BCUT2D eigenvalue weighted by atomic mass is 16.2. The molecule has 2 aromatic rings. The first-order valence-electron chi connectivity index (χ1n) is 8.66. The highest BCUT2D eigenvalue weighted by Crippen LogP contribution is 2.19. The van der Waals surface area contributed by atoms with Crippen molar-refractivity contribution in [2.45, 2.75) is 32.2 Å². The summed E-state index contributed by atoms with van der Waals surface area (Å²) in [6, 6.07) is 13.7. The van der Waals surface area contributed by atoms with Crippen LogP contribution in [0.25, 0.3) is 0 Å². The van der Waals surface area contributed by atoms with Crippen molar-refractivity contribution in [3.63, 3.8) is 0 Å². The Hall–Kier alpha value is -3.15. The molecule has 6 nitrogen and oxygen atoms in total. The van der Waals surface area contributed by atoms with Gasteiger partial charge in [0.2, 0.25) is 11.8 Å². The van der Waals surface area contributed by atoms with Gasteiger partial charge in [0.15, 0.2) is 0 Å². The lowest BCUT2D eigenvalue weighted by Gasteiger charge is -2.14. The molecule has 1 atom stereocenters. The Morgan fingerprint density at radius 1 is 1.08 bits per heavy atom. The molecule has 2 aromatic carbocycles. The van der Waals surface area contributed by atoms with E-state index in [1.54, 1.807) is 24.3 Å². The molecular weight excluding hydrogens is 330 g/mol. The number of amides is 3. The van der Waals surface area contributed by atoms with Gasteiger partial charge in [-0.25, -0.2) is 0 Å². The van der Waals surface area contributed by atoms with E-state index in [1.165, 1.54) is 5.56 Å². The van der Waals surface area contributed by atoms with E-state index >= 15 is 0 Å². The molecule has 134 valence electrons. The Kier molecular flexibility index (Phi) is 5.31. The van der Waals surface area contributed by atoms with Gasteiger partial charge in [-0.2, -0.15) is 0 Å². The smallest absolute Gasteiger partial charge is 0.254 e. The number of para-hydroxylation sites is 1. The predicted molar refractivity (Wildman–Crippen MR) is 100 cm³/mol. The van der Waals surface area contributed by atoms with Gasteiger partial charge in [0.1, 0.15) is 6.04 Å². The molecule has 3 rings (SSSR count). The van der Waals surface area contributed by atoms with Crippen LogP contribution in [0.15, 0.2) is 48.5 Å². The summed E-state index contributed by atoms with van der Waals surface area (Å²) in [5.74, 6) is -0.832. The molecule has 1 aliphatic heterocycles. The van der Waals surface area contributed by atoms with Crippen molar-refractivity contribution < 1.29 is 14.4 Å². The quantitative estimate of drug-likeness (QED) is 0.774. The summed E-state index contributed by atoms with van der Waals surface area (Å²) in [7, 11) is 0. The molecular formula is C20H21N3O3. The molecule has 1 heterocycles. The predicted octanol–water partition coefficient (Wildman–Crippen LogP) is 2.72. The summed E-state index contributed by atoms with van der Waals surface area (Å²) in [6.07, 6.45) is 1.29. The molecule has 0 fully saturated rings. The zero-order valence-electron chi connectivity index (χ0n) is 14.5. The van der Waals surface area contributed by atoms with E-state index in [-0.39, 0.29) is 30.6 Å². The largest absolute Gasteiger partial charge is 0.340 e. The third kappa shape index (κ3) is 4.08. The average Bonchev–Trinajstić information content (AvgIpc) is 2.77. The van der Waals surface area contributed by atoms with Crippen molar-refractivity contribution in [2.75, 3.05) is 10.6 Å². The van der Waals surface area contributed by atoms with Crippen molar-refractivity contribution in [3.05, 3.63) is 59.7 Å². The fraction of sp³-hybridized carbons (Fsp3) is 0.250. The summed E-state index contributed by atoms with van der Waals surface area (Å²) in [6.45, 7) is 2.07. The van der Waals surface area contributed by atoms with Crippen molar-refractivity contribution >= 4 is 29.1 Å². The van der Waals surface area contributed by atoms with E-state index < -0.39 is 6.04 Å². The van der Waals surface area contributed by atoms with Crippen molar-refractivity contribution in [3.8, 4) is 0 Å². The average molecular weight is 351 g/mol. The van der Waals surface area contributed by atoms with Crippen molar-refractivity contribution in [1.82, 2.24) is 5.32 Å². The molecule has 3 N–H and O–H groups in total. The number of fused-ring (bicyclic) bond motifs is 1. The minimum atomic E-state index is -0.747. The fourth-order valence-electron chi connectivity index (χ4n) is 2.84. The number of aryl methyl sites for hydroxylation is 1. The zero-order chi connectivity index (χ0) is 18.5. The van der Waals surface area contributed by atoms with Gasteiger partial charge in [0.25, 0.3) is 5.91 Å². The highest BCUT2D eigenvalue weighted by molar-refractivity contribution is 6.09. The van der Waals surface area contributed by atoms with E-state index in [9.17, 15) is 14.4 Å². The van der Waals surface area contributed by atoms with Gasteiger partial charge < -0.3 is 16.0 Å². The summed E-state index contributed by atoms with van der Waals surface area (Å²) in [4.78, 5) is 36.7. The first-order chi connectivity index (χ1) is 12.6. The molecule has 0 radical (unpaired) electrons. The number of rotatable bonds is 5. The van der Waals surface area contributed by atoms with Crippen LogP contribution in [-0.2, 0) is 16.0 Å². The molecule has 0 saturated carbocycles. The van der Waals surface area contributed by atoms with Crippen LogP contribution in [0.1, 0.15) is 35.7 Å². The maximum Gasteiger partial charge on any atom is 0.254 e.